The zero-order chi connectivity index (χ0) is 16.8. The molecule has 2 amide bonds. The second-order valence-electron chi connectivity index (χ2n) is 5.04. The van der Waals surface area contributed by atoms with Crippen molar-refractivity contribution in [3.8, 4) is 0 Å². The van der Waals surface area contributed by atoms with Crippen LogP contribution >= 0.6 is 0 Å². The van der Waals surface area contributed by atoms with Crippen molar-refractivity contribution >= 4 is 28.9 Å². The maximum atomic E-state index is 11.7. The maximum absolute atomic E-state index is 11.7. The first kappa shape index (κ1) is 15.6. The van der Waals surface area contributed by atoms with E-state index in [0.717, 1.165) is 11.0 Å². The molecule has 3 rings (SSSR count). The summed E-state index contributed by atoms with van der Waals surface area (Å²) in [5.74, 6) is 0.276. The monoisotopic (exact) mass is 324 g/mol. The number of hydrogen-bond acceptors (Lipinski definition) is 4. The number of hydrogen-bond donors (Lipinski definition) is 2. The summed E-state index contributed by atoms with van der Waals surface area (Å²) < 4.78 is 10.5. The second kappa shape index (κ2) is 7.32. The Labute approximate surface area is 138 Å². The number of benzene rings is 1. The van der Waals surface area contributed by atoms with Crippen LogP contribution in [0.25, 0.3) is 17.0 Å². The van der Waals surface area contributed by atoms with E-state index in [1.165, 1.54) is 12.3 Å². The molecule has 6 nitrogen and oxygen atoms in total. The van der Waals surface area contributed by atoms with Gasteiger partial charge in [0, 0.05) is 24.6 Å². The van der Waals surface area contributed by atoms with Crippen molar-refractivity contribution in [2.45, 2.75) is 0 Å². The molecule has 1 aromatic carbocycles. The van der Waals surface area contributed by atoms with Crippen molar-refractivity contribution in [1.29, 1.82) is 0 Å². The Hall–Kier alpha value is -3.28. The Kier molecular flexibility index (Phi) is 4.76. The molecule has 2 aromatic heterocycles. The van der Waals surface area contributed by atoms with Crippen LogP contribution in [0.1, 0.15) is 16.3 Å². The Bertz CT molecular complexity index is 829. The number of amides is 2. The van der Waals surface area contributed by atoms with Gasteiger partial charge in [-0.15, -0.1) is 0 Å². The van der Waals surface area contributed by atoms with Gasteiger partial charge in [-0.3, -0.25) is 9.59 Å². The average Bonchev–Trinajstić information content (AvgIpc) is 3.25. The quantitative estimate of drug-likeness (QED) is 0.539. The highest BCUT2D eigenvalue weighted by atomic mass is 16.3. The first-order chi connectivity index (χ1) is 11.7. The van der Waals surface area contributed by atoms with E-state index in [-0.39, 0.29) is 17.6 Å². The number of fused-ring (bicyclic) bond motifs is 1. The van der Waals surface area contributed by atoms with E-state index in [4.69, 9.17) is 8.83 Å². The van der Waals surface area contributed by atoms with Crippen LogP contribution in [-0.2, 0) is 4.79 Å². The molecule has 0 unspecified atom stereocenters. The standard InChI is InChI=1S/C18H16N2O4/c21-17(19-9-10-20-18(22)16-6-3-11-23-16)8-7-14-12-13-4-1-2-5-15(13)24-14/h1-8,11-12H,9-10H2,(H,19,21)(H,20,22)/b8-7+. The minimum atomic E-state index is -0.313. The number of carbonyl (C=O) groups is 2. The lowest BCUT2D eigenvalue weighted by Crippen LogP contribution is -2.33. The molecular formula is C18H16N2O4. The molecule has 6 heteroatoms. The fourth-order valence-electron chi connectivity index (χ4n) is 2.16. The number of nitrogens with one attached hydrogen (secondary N) is 2. The topological polar surface area (TPSA) is 84.5 Å². The molecule has 0 aliphatic carbocycles. The minimum Gasteiger partial charge on any atom is -0.459 e. The van der Waals surface area contributed by atoms with Crippen molar-refractivity contribution in [2.75, 3.05) is 13.1 Å². The van der Waals surface area contributed by atoms with Gasteiger partial charge in [-0.1, -0.05) is 18.2 Å². The Balaban J connectivity index is 1.43. The summed E-state index contributed by atoms with van der Waals surface area (Å²) in [4.78, 5) is 23.3. The molecule has 2 N–H and O–H groups in total. The van der Waals surface area contributed by atoms with Crippen molar-refractivity contribution in [1.82, 2.24) is 10.6 Å². The zero-order valence-electron chi connectivity index (χ0n) is 12.8. The van der Waals surface area contributed by atoms with Crippen LogP contribution in [0.3, 0.4) is 0 Å². The van der Waals surface area contributed by atoms with E-state index >= 15 is 0 Å². The number of carbonyl (C=O) groups excluding carboxylic acids is 2. The van der Waals surface area contributed by atoms with Crippen LogP contribution < -0.4 is 10.6 Å². The molecule has 0 bridgehead atoms. The number of rotatable bonds is 6. The molecule has 2 heterocycles. The summed E-state index contributed by atoms with van der Waals surface area (Å²) in [7, 11) is 0. The second-order valence-corrected chi connectivity index (χ2v) is 5.04. The third-order valence-electron chi connectivity index (χ3n) is 3.30. The van der Waals surface area contributed by atoms with Gasteiger partial charge >= 0.3 is 0 Å². The largest absolute Gasteiger partial charge is 0.459 e. The summed E-state index contributed by atoms with van der Waals surface area (Å²) in [5.41, 5.74) is 0.776. The van der Waals surface area contributed by atoms with Crippen LogP contribution in [0.2, 0.25) is 0 Å². The molecule has 0 saturated carbocycles. The lowest BCUT2D eigenvalue weighted by molar-refractivity contribution is -0.116. The molecule has 122 valence electrons. The van der Waals surface area contributed by atoms with Gasteiger partial charge in [0.25, 0.3) is 5.91 Å². The van der Waals surface area contributed by atoms with E-state index in [0.29, 0.717) is 18.8 Å². The third-order valence-corrected chi connectivity index (χ3v) is 3.30. The molecule has 0 spiro atoms. The molecule has 0 aliphatic rings. The van der Waals surface area contributed by atoms with Gasteiger partial charge < -0.3 is 19.5 Å². The molecule has 0 radical (unpaired) electrons. The summed E-state index contributed by atoms with van der Waals surface area (Å²) in [6.45, 7) is 0.625. The van der Waals surface area contributed by atoms with E-state index in [2.05, 4.69) is 10.6 Å². The smallest absolute Gasteiger partial charge is 0.287 e. The van der Waals surface area contributed by atoms with E-state index in [1.807, 2.05) is 30.3 Å². The lowest BCUT2D eigenvalue weighted by Gasteiger charge is -2.03. The highest BCUT2D eigenvalue weighted by Gasteiger charge is 2.06. The van der Waals surface area contributed by atoms with E-state index in [1.54, 1.807) is 18.2 Å². The first-order valence-corrected chi connectivity index (χ1v) is 7.48. The number of para-hydroxylation sites is 1. The zero-order valence-corrected chi connectivity index (χ0v) is 12.8. The lowest BCUT2D eigenvalue weighted by atomic mass is 10.2. The molecule has 3 aromatic rings. The van der Waals surface area contributed by atoms with Gasteiger partial charge in [-0.2, -0.15) is 0 Å². The first-order valence-electron chi connectivity index (χ1n) is 7.48. The van der Waals surface area contributed by atoms with E-state index < -0.39 is 0 Å². The molecular weight excluding hydrogens is 308 g/mol. The normalized spacial score (nSPS) is 11.0. The predicted octanol–water partition coefficient (Wildman–Crippen LogP) is 2.59. The summed E-state index contributed by atoms with van der Waals surface area (Å²) in [6, 6.07) is 12.7. The highest BCUT2D eigenvalue weighted by molar-refractivity contribution is 5.92. The van der Waals surface area contributed by atoms with Crippen LogP contribution in [-0.4, -0.2) is 24.9 Å². The van der Waals surface area contributed by atoms with Gasteiger partial charge in [0.15, 0.2) is 5.76 Å². The van der Waals surface area contributed by atoms with Gasteiger partial charge in [0.1, 0.15) is 11.3 Å². The van der Waals surface area contributed by atoms with Gasteiger partial charge in [0.2, 0.25) is 5.91 Å². The summed E-state index contributed by atoms with van der Waals surface area (Å²) >= 11 is 0. The van der Waals surface area contributed by atoms with E-state index in [9.17, 15) is 9.59 Å². The van der Waals surface area contributed by atoms with Gasteiger partial charge in [0.05, 0.1) is 6.26 Å². The third kappa shape index (κ3) is 3.92. The number of furan rings is 2. The van der Waals surface area contributed by atoms with Crippen molar-refractivity contribution in [3.05, 3.63) is 66.3 Å². The van der Waals surface area contributed by atoms with Crippen molar-refractivity contribution in [3.63, 3.8) is 0 Å². The Morgan fingerprint density at radius 3 is 2.67 bits per heavy atom. The minimum absolute atomic E-state index is 0.242. The predicted molar refractivity (Wildman–Crippen MR) is 89.3 cm³/mol. The van der Waals surface area contributed by atoms with Crippen LogP contribution in [0.4, 0.5) is 0 Å². The SMILES string of the molecule is O=C(/C=C/c1cc2ccccc2o1)NCCNC(=O)c1ccco1. The fraction of sp³-hybridized carbons (Fsp3) is 0.111. The fourth-order valence-corrected chi connectivity index (χ4v) is 2.16. The molecule has 24 heavy (non-hydrogen) atoms. The summed E-state index contributed by atoms with van der Waals surface area (Å²) in [6.07, 6.45) is 4.43. The average molecular weight is 324 g/mol. The molecule has 0 fully saturated rings. The van der Waals surface area contributed by atoms with Gasteiger partial charge in [-0.05, 0) is 30.3 Å². The molecule has 0 aliphatic heterocycles. The highest BCUT2D eigenvalue weighted by Crippen LogP contribution is 2.19. The molecule has 0 atom stereocenters. The Morgan fingerprint density at radius 2 is 1.88 bits per heavy atom. The van der Waals surface area contributed by atoms with Crippen LogP contribution in [0, 0.1) is 0 Å². The Morgan fingerprint density at radius 1 is 1.04 bits per heavy atom. The maximum Gasteiger partial charge on any atom is 0.287 e. The van der Waals surface area contributed by atoms with Crippen molar-refractivity contribution in [2.24, 2.45) is 0 Å². The van der Waals surface area contributed by atoms with Gasteiger partial charge in [-0.25, -0.2) is 0 Å². The van der Waals surface area contributed by atoms with Crippen molar-refractivity contribution < 1.29 is 18.4 Å². The van der Waals surface area contributed by atoms with Crippen LogP contribution in [0.15, 0.2) is 63.6 Å². The summed E-state index contributed by atoms with van der Waals surface area (Å²) in [5, 5.41) is 6.30. The van der Waals surface area contributed by atoms with Crippen LogP contribution in [0.5, 0.6) is 0 Å². The molecule has 0 saturated heterocycles.